The van der Waals surface area contributed by atoms with Gasteiger partial charge in [-0.25, -0.2) is 4.98 Å². The Labute approximate surface area is 152 Å². The molecule has 2 aromatic heterocycles. The first-order valence-corrected chi connectivity index (χ1v) is 8.47. The van der Waals surface area contributed by atoms with E-state index in [2.05, 4.69) is 15.6 Å². The van der Waals surface area contributed by atoms with E-state index in [0.717, 1.165) is 11.3 Å². The zero-order valence-electron chi connectivity index (χ0n) is 15.1. The van der Waals surface area contributed by atoms with Gasteiger partial charge in [0.1, 0.15) is 5.82 Å². The summed E-state index contributed by atoms with van der Waals surface area (Å²) in [5, 5.41) is 5.39. The molecule has 2 amide bonds. The average molecular weight is 350 g/mol. The third kappa shape index (κ3) is 3.74. The van der Waals surface area contributed by atoms with Gasteiger partial charge in [0.2, 0.25) is 5.91 Å². The van der Waals surface area contributed by atoms with E-state index in [1.807, 2.05) is 67.8 Å². The van der Waals surface area contributed by atoms with Crippen molar-refractivity contribution in [1.82, 2.24) is 14.7 Å². The van der Waals surface area contributed by atoms with Crippen LogP contribution in [0.1, 0.15) is 37.1 Å². The van der Waals surface area contributed by atoms with Gasteiger partial charge in [-0.15, -0.1) is 0 Å². The van der Waals surface area contributed by atoms with Crippen LogP contribution >= 0.6 is 0 Å². The molecule has 0 bridgehead atoms. The fourth-order valence-corrected chi connectivity index (χ4v) is 2.70. The first kappa shape index (κ1) is 17.7. The van der Waals surface area contributed by atoms with Crippen molar-refractivity contribution in [2.24, 2.45) is 0 Å². The molecule has 1 aromatic carbocycles. The average Bonchev–Trinajstić information content (AvgIpc) is 3.01. The Morgan fingerprint density at radius 1 is 1.04 bits per heavy atom. The molecule has 0 saturated carbocycles. The molecule has 0 spiro atoms. The smallest absolute Gasteiger partial charge is 0.272 e. The number of para-hydroxylation sites is 1. The summed E-state index contributed by atoms with van der Waals surface area (Å²) < 4.78 is 1.92. The second kappa shape index (κ2) is 7.00. The van der Waals surface area contributed by atoms with Gasteiger partial charge in [-0.3, -0.25) is 9.59 Å². The van der Waals surface area contributed by atoms with Crippen LogP contribution in [0.2, 0.25) is 0 Å². The normalized spacial score (nSPS) is 11.3. The molecule has 6 heteroatoms. The molecule has 6 nitrogen and oxygen atoms in total. The third-order valence-corrected chi connectivity index (χ3v) is 3.90. The van der Waals surface area contributed by atoms with E-state index in [-0.39, 0.29) is 23.8 Å². The van der Waals surface area contributed by atoms with E-state index >= 15 is 0 Å². The van der Waals surface area contributed by atoms with Crippen LogP contribution in [-0.2, 0) is 10.2 Å². The molecule has 3 rings (SSSR count). The number of hydrogen-bond acceptors (Lipinski definition) is 3. The van der Waals surface area contributed by atoms with Crippen molar-refractivity contribution in [1.29, 1.82) is 0 Å². The minimum atomic E-state index is -0.368. The highest BCUT2D eigenvalue weighted by atomic mass is 16.2. The first-order valence-electron chi connectivity index (χ1n) is 8.47. The number of hydrogen-bond donors (Lipinski definition) is 2. The standard InChI is InChI=1S/C20H22N4O2/c1-20(2,3)19-23-17(15-11-7-8-12-24(15)19)18(26)21-13-16(25)22-14-9-5-4-6-10-14/h4-12H,13H2,1-3H3,(H,21,26)(H,22,25). The van der Waals surface area contributed by atoms with E-state index in [4.69, 9.17) is 0 Å². The highest BCUT2D eigenvalue weighted by Crippen LogP contribution is 2.24. The second-order valence-corrected chi connectivity index (χ2v) is 7.09. The third-order valence-electron chi connectivity index (χ3n) is 3.90. The maximum Gasteiger partial charge on any atom is 0.272 e. The van der Waals surface area contributed by atoms with Crippen LogP contribution < -0.4 is 10.6 Å². The summed E-state index contributed by atoms with van der Waals surface area (Å²) in [6.45, 7) is 6.02. The molecular weight excluding hydrogens is 328 g/mol. The number of rotatable bonds is 4. The molecule has 0 aliphatic rings. The Morgan fingerprint density at radius 3 is 2.42 bits per heavy atom. The summed E-state index contributed by atoms with van der Waals surface area (Å²) >= 11 is 0. The van der Waals surface area contributed by atoms with Crippen LogP contribution in [0.5, 0.6) is 0 Å². The van der Waals surface area contributed by atoms with Crippen LogP contribution in [0.15, 0.2) is 54.7 Å². The number of carbonyl (C=O) groups excluding carboxylic acids is 2. The van der Waals surface area contributed by atoms with Crippen LogP contribution in [0.25, 0.3) is 5.52 Å². The summed E-state index contributed by atoms with van der Waals surface area (Å²) in [5.74, 6) is 0.142. The molecule has 26 heavy (non-hydrogen) atoms. The number of carbonyl (C=O) groups is 2. The number of amides is 2. The summed E-state index contributed by atoms with van der Waals surface area (Å²) in [5.41, 5.74) is 1.52. The van der Waals surface area contributed by atoms with Crippen LogP contribution in [-0.4, -0.2) is 27.7 Å². The van der Waals surface area contributed by atoms with Gasteiger partial charge in [0, 0.05) is 17.3 Å². The second-order valence-electron chi connectivity index (χ2n) is 7.09. The van der Waals surface area contributed by atoms with E-state index < -0.39 is 0 Å². The Bertz CT molecular complexity index is 939. The summed E-state index contributed by atoms with van der Waals surface area (Å²) in [6.07, 6.45) is 1.89. The number of pyridine rings is 1. The van der Waals surface area contributed by atoms with E-state index in [0.29, 0.717) is 11.4 Å². The fourth-order valence-electron chi connectivity index (χ4n) is 2.70. The molecule has 134 valence electrons. The van der Waals surface area contributed by atoms with Crippen LogP contribution in [0.3, 0.4) is 0 Å². The van der Waals surface area contributed by atoms with Gasteiger partial charge in [0.25, 0.3) is 5.91 Å². The lowest BCUT2D eigenvalue weighted by Gasteiger charge is -2.16. The topological polar surface area (TPSA) is 75.5 Å². The molecule has 0 fully saturated rings. The van der Waals surface area contributed by atoms with Gasteiger partial charge in [-0.2, -0.15) is 0 Å². The van der Waals surface area contributed by atoms with E-state index in [1.165, 1.54) is 0 Å². The van der Waals surface area contributed by atoms with Gasteiger partial charge in [0.15, 0.2) is 5.69 Å². The Balaban J connectivity index is 1.75. The summed E-state index contributed by atoms with van der Waals surface area (Å²) in [4.78, 5) is 29.2. The minimum absolute atomic E-state index is 0.121. The van der Waals surface area contributed by atoms with Gasteiger partial charge in [-0.05, 0) is 24.3 Å². The van der Waals surface area contributed by atoms with Crippen molar-refractivity contribution in [3.05, 3.63) is 66.2 Å². The maximum absolute atomic E-state index is 12.6. The molecule has 0 atom stereocenters. The lowest BCUT2D eigenvalue weighted by Crippen LogP contribution is -2.33. The molecule has 0 radical (unpaired) electrons. The monoisotopic (exact) mass is 350 g/mol. The van der Waals surface area contributed by atoms with Gasteiger partial charge >= 0.3 is 0 Å². The number of aromatic nitrogens is 2. The predicted molar refractivity (Wildman–Crippen MR) is 101 cm³/mol. The molecule has 0 unspecified atom stereocenters. The van der Waals surface area contributed by atoms with Crippen molar-refractivity contribution in [2.75, 3.05) is 11.9 Å². The van der Waals surface area contributed by atoms with E-state index in [1.54, 1.807) is 12.1 Å². The maximum atomic E-state index is 12.6. The molecule has 0 aliphatic heterocycles. The molecule has 3 aromatic rings. The zero-order chi connectivity index (χ0) is 18.7. The van der Waals surface area contributed by atoms with Crippen molar-refractivity contribution in [3.63, 3.8) is 0 Å². The van der Waals surface area contributed by atoms with Gasteiger partial charge in [-0.1, -0.05) is 45.0 Å². The van der Waals surface area contributed by atoms with Crippen LogP contribution in [0.4, 0.5) is 5.69 Å². The number of benzene rings is 1. The van der Waals surface area contributed by atoms with Crippen molar-refractivity contribution in [3.8, 4) is 0 Å². The lowest BCUT2D eigenvalue weighted by atomic mass is 9.96. The van der Waals surface area contributed by atoms with Crippen LogP contribution in [0, 0.1) is 0 Å². The Hall–Kier alpha value is -3.15. The molecule has 2 heterocycles. The fraction of sp³-hybridized carbons (Fsp3) is 0.250. The van der Waals surface area contributed by atoms with Crippen molar-refractivity contribution < 1.29 is 9.59 Å². The predicted octanol–water partition coefficient (Wildman–Crippen LogP) is 3.00. The highest BCUT2D eigenvalue weighted by Gasteiger charge is 2.25. The molecule has 0 aliphatic carbocycles. The first-order chi connectivity index (χ1) is 12.4. The highest BCUT2D eigenvalue weighted by molar-refractivity contribution is 6.02. The zero-order valence-corrected chi connectivity index (χ0v) is 15.1. The van der Waals surface area contributed by atoms with E-state index in [9.17, 15) is 9.59 Å². The number of nitrogens with one attached hydrogen (secondary N) is 2. The van der Waals surface area contributed by atoms with Crippen molar-refractivity contribution >= 4 is 23.0 Å². The largest absolute Gasteiger partial charge is 0.342 e. The quantitative estimate of drug-likeness (QED) is 0.759. The number of imidazole rings is 1. The number of anilines is 1. The van der Waals surface area contributed by atoms with Crippen molar-refractivity contribution in [2.45, 2.75) is 26.2 Å². The SMILES string of the molecule is CC(C)(C)c1nc(C(=O)NCC(=O)Nc2ccccc2)c2ccccn12. The number of nitrogens with zero attached hydrogens (tertiary/aromatic N) is 2. The summed E-state index contributed by atoms with van der Waals surface area (Å²) in [6, 6.07) is 14.7. The lowest BCUT2D eigenvalue weighted by molar-refractivity contribution is -0.115. The molecular formula is C20H22N4O2. The van der Waals surface area contributed by atoms with Gasteiger partial charge in [0.05, 0.1) is 12.1 Å². The number of fused-ring (bicyclic) bond motifs is 1. The molecule has 0 saturated heterocycles. The Kier molecular flexibility index (Phi) is 4.75. The van der Waals surface area contributed by atoms with Gasteiger partial charge < -0.3 is 15.0 Å². The minimum Gasteiger partial charge on any atom is -0.342 e. The summed E-state index contributed by atoms with van der Waals surface area (Å²) in [7, 11) is 0. The molecule has 2 N–H and O–H groups in total. The Morgan fingerprint density at radius 2 is 1.73 bits per heavy atom.